The Bertz CT molecular complexity index is 436. The highest BCUT2D eigenvalue weighted by molar-refractivity contribution is 5.86. The summed E-state index contributed by atoms with van der Waals surface area (Å²) >= 11 is 0. The van der Waals surface area contributed by atoms with Crippen LogP contribution in [0.15, 0.2) is 24.3 Å². The van der Waals surface area contributed by atoms with Gasteiger partial charge in [0.05, 0.1) is 13.2 Å². The number of ketones is 1. The second-order valence-corrected chi connectivity index (χ2v) is 4.36. The van der Waals surface area contributed by atoms with E-state index >= 15 is 0 Å². The molecule has 1 aliphatic heterocycles. The van der Waals surface area contributed by atoms with E-state index in [1.807, 2.05) is 0 Å². The van der Waals surface area contributed by atoms with Crippen LogP contribution in [0, 0.1) is 0 Å². The molecule has 0 radical (unpaired) electrons. The van der Waals surface area contributed by atoms with Crippen molar-refractivity contribution in [2.24, 2.45) is 0 Å². The topological polar surface area (TPSA) is 29.5 Å². The van der Waals surface area contributed by atoms with Gasteiger partial charge in [0, 0.05) is 25.2 Å². The van der Waals surface area contributed by atoms with Crippen LogP contribution in [0.2, 0.25) is 0 Å². The average Bonchev–Trinajstić information content (AvgIpc) is 2.39. The quantitative estimate of drug-likeness (QED) is 0.845. The van der Waals surface area contributed by atoms with Gasteiger partial charge in [0.1, 0.15) is 0 Å². The van der Waals surface area contributed by atoms with Crippen molar-refractivity contribution in [3.63, 3.8) is 0 Å². The van der Waals surface area contributed by atoms with Crippen molar-refractivity contribution in [2.75, 3.05) is 31.2 Å². The molecule has 0 aromatic heterocycles. The molecule has 1 heterocycles. The van der Waals surface area contributed by atoms with Crippen molar-refractivity contribution in [1.82, 2.24) is 0 Å². The number of ether oxygens (including phenoxy) is 1. The first-order valence-electron chi connectivity index (χ1n) is 5.98. The molecule has 1 aromatic carbocycles. The third kappa shape index (κ3) is 3.70. The van der Waals surface area contributed by atoms with E-state index in [0.717, 1.165) is 18.8 Å². The summed E-state index contributed by atoms with van der Waals surface area (Å²) in [7, 11) is 0. The van der Waals surface area contributed by atoms with Gasteiger partial charge >= 0.3 is 6.18 Å². The number of halogens is 3. The smallest absolute Gasteiger partial charge is 0.378 e. The Kier molecular flexibility index (Phi) is 4.09. The first-order valence-corrected chi connectivity index (χ1v) is 5.98. The van der Waals surface area contributed by atoms with Gasteiger partial charge in [-0.15, -0.1) is 0 Å². The molecule has 0 N–H and O–H groups in total. The van der Waals surface area contributed by atoms with Crippen LogP contribution in [0.3, 0.4) is 0 Å². The van der Waals surface area contributed by atoms with E-state index < -0.39 is 18.4 Å². The highest BCUT2D eigenvalue weighted by Gasteiger charge is 2.37. The molecule has 0 spiro atoms. The van der Waals surface area contributed by atoms with Gasteiger partial charge in [0.2, 0.25) is 5.78 Å². The zero-order chi connectivity index (χ0) is 13.9. The number of Topliss-reactive ketones (excluding diaryl/α,β-unsaturated/α-hetero) is 1. The maximum atomic E-state index is 12.1. The van der Waals surface area contributed by atoms with E-state index in [-0.39, 0.29) is 0 Å². The van der Waals surface area contributed by atoms with Crippen molar-refractivity contribution >= 4 is 11.5 Å². The molecule has 1 aromatic rings. The van der Waals surface area contributed by atoms with Crippen LogP contribution in [0.5, 0.6) is 0 Å². The Morgan fingerprint density at radius 2 is 1.74 bits per heavy atom. The summed E-state index contributed by atoms with van der Waals surface area (Å²) in [5, 5.41) is 0. The Morgan fingerprint density at radius 3 is 2.26 bits per heavy atom. The molecule has 1 fully saturated rings. The Balaban J connectivity index is 2.00. The molecule has 0 aliphatic carbocycles. The number of hydrogen-bond donors (Lipinski definition) is 0. The highest BCUT2D eigenvalue weighted by atomic mass is 19.4. The lowest BCUT2D eigenvalue weighted by Crippen LogP contribution is -2.36. The third-order valence-electron chi connectivity index (χ3n) is 2.99. The maximum Gasteiger partial charge on any atom is 0.450 e. The summed E-state index contributed by atoms with van der Waals surface area (Å²) in [4.78, 5) is 13.0. The third-order valence-corrected chi connectivity index (χ3v) is 2.99. The minimum absolute atomic E-state index is 0.374. The lowest BCUT2D eigenvalue weighted by Gasteiger charge is -2.28. The molecule has 6 heteroatoms. The largest absolute Gasteiger partial charge is 0.450 e. The summed E-state index contributed by atoms with van der Waals surface area (Å²) in [6.07, 6.45) is -5.37. The van der Waals surface area contributed by atoms with Gasteiger partial charge in [-0.05, 0) is 17.7 Å². The first-order chi connectivity index (χ1) is 8.97. The molecule has 104 valence electrons. The molecule has 0 unspecified atom stereocenters. The summed E-state index contributed by atoms with van der Waals surface area (Å²) in [6.45, 7) is 2.82. The summed E-state index contributed by atoms with van der Waals surface area (Å²) in [5.41, 5.74) is 1.31. The first kappa shape index (κ1) is 13.9. The van der Waals surface area contributed by atoms with Gasteiger partial charge in [-0.25, -0.2) is 0 Å². The number of carbonyl (C=O) groups excluding carboxylic acids is 1. The number of nitrogens with zero attached hydrogens (tertiary/aromatic N) is 1. The number of benzene rings is 1. The molecular weight excluding hydrogens is 259 g/mol. The Morgan fingerprint density at radius 1 is 1.16 bits per heavy atom. The van der Waals surface area contributed by atoms with Gasteiger partial charge in [-0.3, -0.25) is 4.79 Å². The Labute approximate surface area is 109 Å². The summed E-state index contributed by atoms with van der Waals surface area (Å²) in [6, 6.07) is 6.61. The standard InChI is InChI=1S/C13H14F3NO2/c14-13(15,16)12(18)9-10-1-3-11(4-2-10)17-5-7-19-8-6-17/h1-4H,5-9H2. The monoisotopic (exact) mass is 273 g/mol. The number of hydrogen-bond acceptors (Lipinski definition) is 3. The lowest BCUT2D eigenvalue weighted by molar-refractivity contribution is -0.170. The molecule has 1 saturated heterocycles. The zero-order valence-corrected chi connectivity index (χ0v) is 10.2. The van der Waals surface area contributed by atoms with Crippen LogP contribution in [0.25, 0.3) is 0 Å². The maximum absolute atomic E-state index is 12.1. The van der Waals surface area contributed by atoms with Crippen molar-refractivity contribution in [3.05, 3.63) is 29.8 Å². The molecule has 0 bridgehead atoms. The zero-order valence-electron chi connectivity index (χ0n) is 10.2. The minimum atomic E-state index is -4.76. The second kappa shape index (κ2) is 5.61. The van der Waals surface area contributed by atoms with Crippen LogP contribution < -0.4 is 4.90 Å². The molecule has 19 heavy (non-hydrogen) atoms. The highest BCUT2D eigenvalue weighted by Crippen LogP contribution is 2.21. The summed E-state index contributed by atoms with van der Waals surface area (Å²) < 4.78 is 41.6. The molecule has 1 aliphatic rings. The predicted octanol–water partition coefficient (Wildman–Crippen LogP) is 2.20. The lowest BCUT2D eigenvalue weighted by atomic mass is 10.1. The van der Waals surface area contributed by atoms with E-state index in [1.165, 1.54) is 0 Å². The molecular formula is C13H14F3NO2. The van der Waals surface area contributed by atoms with Gasteiger partial charge < -0.3 is 9.64 Å². The second-order valence-electron chi connectivity index (χ2n) is 4.36. The van der Waals surface area contributed by atoms with Crippen LogP contribution in [-0.2, 0) is 16.0 Å². The van der Waals surface area contributed by atoms with Gasteiger partial charge in [0.15, 0.2) is 0 Å². The van der Waals surface area contributed by atoms with E-state index in [0.29, 0.717) is 18.8 Å². The number of rotatable bonds is 3. The van der Waals surface area contributed by atoms with Gasteiger partial charge in [-0.1, -0.05) is 12.1 Å². The fraction of sp³-hybridized carbons (Fsp3) is 0.462. The van der Waals surface area contributed by atoms with Crippen molar-refractivity contribution in [1.29, 1.82) is 0 Å². The fourth-order valence-electron chi connectivity index (χ4n) is 1.93. The van der Waals surface area contributed by atoms with Crippen LogP contribution in [0.1, 0.15) is 5.56 Å². The molecule has 0 amide bonds. The van der Waals surface area contributed by atoms with E-state index in [2.05, 4.69) is 4.90 Å². The number of anilines is 1. The van der Waals surface area contributed by atoms with E-state index in [1.54, 1.807) is 24.3 Å². The molecule has 0 saturated carbocycles. The number of morpholine rings is 1. The van der Waals surface area contributed by atoms with Crippen LogP contribution in [-0.4, -0.2) is 38.3 Å². The van der Waals surface area contributed by atoms with Crippen molar-refractivity contribution < 1.29 is 22.7 Å². The minimum Gasteiger partial charge on any atom is -0.378 e. The van der Waals surface area contributed by atoms with E-state index in [4.69, 9.17) is 4.74 Å². The molecule has 0 atom stereocenters. The van der Waals surface area contributed by atoms with Crippen molar-refractivity contribution in [3.8, 4) is 0 Å². The summed E-state index contributed by atoms with van der Waals surface area (Å²) in [5.74, 6) is -1.72. The van der Waals surface area contributed by atoms with Crippen molar-refractivity contribution in [2.45, 2.75) is 12.6 Å². The van der Waals surface area contributed by atoms with E-state index in [9.17, 15) is 18.0 Å². The Hall–Kier alpha value is -1.56. The number of carbonyl (C=O) groups is 1. The van der Waals surface area contributed by atoms with Crippen LogP contribution in [0.4, 0.5) is 18.9 Å². The van der Waals surface area contributed by atoms with Crippen LogP contribution >= 0.6 is 0 Å². The molecule has 2 rings (SSSR count). The predicted molar refractivity (Wildman–Crippen MR) is 64.2 cm³/mol. The SMILES string of the molecule is O=C(Cc1ccc(N2CCOCC2)cc1)C(F)(F)F. The normalized spacial score (nSPS) is 16.5. The van der Waals surface area contributed by atoms with Gasteiger partial charge in [0.25, 0.3) is 0 Å². The number of alkyl halides is 3. The average molecular weight is 273 g/mol. The fourth-order valence-corrected chi connectivity index (χ4v) is 1.93. The van der Waals surface area contributed by atoms with Gasteiger partial charge in [-0.2, -0.15) is 13.2 Å². The molecule has 3 nitrogen and oxygen atoms in total.